The Morgan fingerprint density at radius 3 is 2.83 bits per heavy atom. The molecule has 2 N–H and O–H groups in total. The van der Waals surface area contributed by atoms with Crippen LogP contribution in [-0.2, 0) is 4.79 Å². The third-order valence-corrected chi connectivity index (χ3v) is 4.88. The second-order valence-electron chi connectivity index (χ2n) is 6.57. The fourth-order valence-electron chi connectivity index (χ4n) is 3.72. The summed E-state index contributed by atoms with van der Waals surface area (Å²) in [5.41, 5.74) is 7.39. The molecule has 0 bridgehead atoms. The van der Waals surface area contributed by atoms with Gasteiger partial charge in [0.25, 0.3) is 0 Å². The Morgan fingerprint density at radius 2 is 2.04 bits per heavy atom. The molecule has 6 heteroatoms. The van der Waals surface area contributed by atoms with Crippen LogP contribution in [0.25, 0.3) is 0 Å². The van der Waals surface area contributed by atoms with Crippen molar-refractivity contribution in [1.29, 1.82) is 0 Å². The predicted octanol–water partition coefficient (Wildman–Crippen LogP) is 1.38. The number of rotatable bonds is 2. The van der Waals surface area contributed by atoms with Crippen molar-refractivity contribution >= 4 is 5.91 Å². The van der Waals surface area contributed by atoms with Gasteiger partial charge in [-0.15, -0.1) is 0 Å². The van der Waals surface area contributed by atoms with E-state index in [1.54, 1.807) is 0 Å². The SMILES string of the molecule is CC1CC(C(=O)N2CCCC2c2ccc3c(c2)OCCO3)NN1. The zero-order chi connectivity index (χ0) is 15.8. The van der Waals surface area contributed by atoms with E-state index in [1.165, 1.54) is 0 Å². The molecule has 3 unspecified atom stereocenters. The first-order valence-electron chi connectivity index (χ1n) is 8.43. The first-order chi connectivity index (χ1) is 11.2. The minimum absolute atomic E-state index is 0.122. The number of hydrazine groups is 1. The van der Waals surface area contributed by atoms with Gasteiger partial charge in [0.15, 0.2) is 11.5 Å². The highest BCUT2D eigenvalue weighted by molar-refractivity contribution is 5.83. The maximum atomic E-state index is 12.8. The number of nitrogens with one attached hydrogen (secondary N) is 2. The largest absolute Gasteiger partial charge is 0.486 e. The molecule has 0 saturated carbocycles. The topological polar surface area (TPSA) is 62.8 Å². The van der Waals surface area contributed by atoms with E-state index in [-0.39, 0.29) is 18.0 Å². The Bertz CT molecular complexity index is 607. The summed E-state index contributed by atoms with van der Waals surface area (Å²) < 4.78 is 11.3. The number of carbonyl (C=O) groups excluding carboxylic acids is 1. The average Bonchev–Trinajstić information content (AvgIpc) is 3.23. The summed E-state index contributed by atoms with van der Waals surface area (Å²) in [5.74, 6) is 1.79. The van der Waals surface area contributed by atoms with Gasteiger partial charge in [-0.05, 0) is 43.9 Å². The molecule has 2 fully saturated rings. The molecule has 1 aromatic carbocycles. The van der Waals surface area contributed by atoms with Crippen molar-refractivity contribution in [3.05, 3.63) is 23.8 Å². The van der Waals surface area contributed by atoms with Crippen LogP contribution in [0.1, 0.15) is 37.8 Å². The second kappa shape index (κ2) is 6.02. The first kappa shape index (κ1) is 14.8. The Kier molecular flexibility index (Phi) is 3.87. The number of hydrogen-bond donors (Lipinski definition) is 2. The van der Waals surface area contributed by atoms with Gasteiger partial charge in [-0.2, -0.15) is 0 Å². The molecule has 4 rings (SSSR count). The van der Waals surface area contributed by atoms with Crippen LogP contribution in [0.5, 0.6) is 11.5 Å². The van der Waals surface area contributed by atoms with Gasteiger partial charge in [0.05, 0.1) is 6.04 Å². The number of likely N-dealkylation sites (tertiary alicyclic amines) is 1. The number of benzene rings is 1. The highest BCUT2D eigenvalue weighted by Crippen LogP contribution is 2.38. The third kappa shape index (κ3) is 2.77. The van der Waals surface area contributed by atoms with Gasteiger partial charge in [-0.25, -0.2) is 5.43 Å². The van der Waals surface area contributed by atoms with Crippen LogP contribution in [0.2, 0.25) is 0 Å². The number of hydrogen-bond acceptors (Lipinski definition) is 5. The minimum atomic E-state index is -0.122. The summed E-state index contributed by atoms with van der Waals surface area (Å²) >= 11 is 0. The van der Waals surface area contributed by atoms with E-state index in [9.17, 15) is 4.79 Å². The lowest BCUT2D eigenvalue weighted by Gasteiger charge is -2.28. The lowest BCUT2D eigenvalue weighted by Crippen LogP contribution is -2.45. The van der Waals surface area contributed by atoms with E-state index in [4.69, 9.17) is 9.47 Å². The Labute approximate surface area is 136 Å². The smallest absolute Gasteiger partial charge is 0.241 e. The molecule has 0 aliphatic carbocycles. The Hall–Kier alpha value is -1.79. The van der Waals surface area contributed by atoms with Gasteiger partial charge in [-0.3, -0.25) is 10.2 Å². The minimum Gasteiger partial charge on any atom is -0.486 e. The fourth-order valence-corrected chi connectivity index (χ4v) is 3.72. The van der Waals surface area contributed by atoms with E-state index in [1.807, 2.05) is 17.0 Å². The summed E-state index contributed by atoms with van der Waals surface area (Å²) in [4.78, 5) is 14.8. The number of nitrogens with zero attached hydrogens (tertiary/aromatic N) is 1. The van der Waals surface area contributed by atoms with Gasteiger partial charge in [0.1, 0.15) is 19.3 Å². The molecule has 3 aliphatic rings. The van der Waals surface area contributed by atoms with Crippen LogP contribution in [0.15, 0.2) is 18.2 Å². The molecule has 6 nitrogen and oxygen atoms in total. The Morgan fingerprint density at radius 1 is 1.22 bits per heavy atom. The number of amides is 1. The van der Waals surface area contributed by atoms with Crippen molar-refractivity contribution < 1.29 is 14.3 Å². The predicted molar refractivity (Wildman–Crippen MR) is 85.3 cm³/mol. The van der Waals surface area contributed by atoms with Gasteiger partial charge in [0.2, 0.25) is 5.91 Å². The zero-order valence-corrected chi connectivity index (χ0v) is 13.4. The lowest BCUT2D eigenvalue weighted by atomic mass is 10.0. The summed E-state index contributed by atoms with van der Waals surface area (Å²) in [7, 11) is 0. The normalized spacial score (nSPS) is 29.8. The molecular formula is C17H23N3O3. The van der Waals surface area contributed by atoms with Crippen LogP contribution in [-0.4, -0.2) is 42.6 Å². The van der Waals surface area contributed by atoms with Crippen molar-refractivity contribution in [3.8, 4) is 11.5 Å². The second-order valence-corrected chi connectivity index (χ2v) is 6.57. The summed E-state index contributed by atoms with van der Waals surface area (Å²) in [6.45, 7) is 4.09. The molecule has 3 aliphatic heterocycles. The zero-order valence-electron chi connectivity index (χ0n) is 13.4. The van der Waals surface area contributed by atoms with E-state index in [0.717, 1.165) is 42.9 Å². The fraction of sp³-hybridized carbons (Fsp3) is 0.588. The standard InChI is InChI=1S/C17H23N3O3/c1-11-9-13(19-18-11)17(21)20-6-2-3-14(20)12-4-5-15-16(10-12)23-8-7-22-15/h4-5,10-11,13-14,18-19H,2-3,6-9H2,1H3. The van der Waals surface area contributed by atoms with Crippen LogP contribution >= 0.6 is 0 Å². The van der Waals surface area contributed by atoms with Crippen molar-refractivity contribution in [2.75, 3.05) is 19.8 Å². The van der Waals surface area contributed by atoms with Crippen molar-refractivity contribution in [2.24, 2.45) is 0 Å². The van der Waals surface area contributed by atoms with Crippen LogP contribution in [0.4, 0.5) is 0 Å². The van der Waals surface area contributed by atoms with E-state index < -0.39 is 0 Å². The van der Waals surface area contributed by atoms with E-state index in [2.05, 4.69) is 23.8 Å². The molecule has 3 heterocycles. The maximum Gasteiger partial charge on any atom is 0.241 e. The van der Waals surface area contributed by atoms with Crippen LogP contribution in [0, 0.1) is 0 Å². The van der Waals surface area contributed by atoms with Crippen LogP contribution < -0.4 is 20.3 Å². The van der Waals surface area contributed by atoms with E-state index in [0.29, 0.717) is 19.3 Å². The Balaban J connectivity index is 1.54. The average molecular weight is 317 g/mol. The molecule has 23 heavy (non-hydrogen) atoms. The highest BCUT2D eigenvalue weighted by Gasteiger charge is 2.36. The number of fused-ring (bicyclic) bond motifs is 1. The molecule has 0 aromatic heterocycles. The van der Waals surface area contributed by atoms with Crippen molar-refractivity contribution in [1.82, 2.24) is 15.8 Å². The molecule has 0 radical (unpaired) electrons. The van der Waals surface area contributed by atoms with Gasteiger partial charge in [0, 0.05) is 12.6 Å². The van der Waals surface area contributed by atoms with Crippen LogP contribution in [0.3, 0.4) is 0 Å². The van der Waals surface area contributed by atoms with Crippen molar-refractivity contribution in [2.45, 2.75) is 44.3 Å². The molecule has 1 aromatic rings. The molecular weight excluding hydrogens is 294 g/mol. The molecule has 0 spiro atoms. The quantitative estimate of drug-likeness (QED) is 0.863. The van der Waals surface area contributed by atoms with Gasteiger partial charge in [-0.1, -0.05) is 6.07 Å². The summed E-state index contributed by atoms with van der Waals surface area (Å²) in [6.07, 6.45) is 2.88. The number of ether oxygens (including phenoxy) is 2. The van der Waals surface area contributed by atoms with Gasteiger partial charge >= 0.3 is 0 Å². The summed E-state index contributed by atoms with van der Waals surface area (Å²) in [6, 6.07) is 6.40. The van der Waals surface area contributed by atoms with E-state index >= 15 is 0 Å². The number of carbonyl (C=O) groups is 1. The van der Waals surface area contributed by atoms with Crippen molar-refractivity contribution in [3.63, 3.8) is 0 Å². The third-order valence-electron chi connectivity index (χ3n) is 4.88. The molecule has 3 atom stereocenters. The molecule has 1 amide bonds. The molecule has 124 valence electrons. The summed E-state index contributed by atoms with van der Waals surface area (Å²) in [5, 5.41) is 0. The van der Waals surface area contributed by atoms with Gasteiger partial charge < -0.3 is 14.4 Å². The molecule has 2 saturated heterocycles. The maximum absolute atomic E-state index is 12.8. The highest BCUT2D eigenvalue weighted by atomic mass is 16.6. The monoisotopic (exact) mass is 317 g/mol. The lowest BCUT2D eigenvalue weighted by molar-refractivity contribution is -0.134. The first-order valence-corrected chi connectivity index (χ1v) is 8.43.